The number of hydrogen-bond acceptors (Lipinski definition) is 2. The van der Waals surface area contributed by atoms with Crippen LogP contribution in [0.1, 0.15) is 32.6 Å². The van der Waals surface area contributed by atoms with Crippen molar-refractivity contribution in [3.63, 3.8) is 0 Å². The Morgan fingerprint density at radius 1 is 1.31 bits per heavy atom. The number of aliphatic carboxylic acids is 1. The molecule has 0 bridgehead atoms. The van der Waals surface area contributed by atoms with Gasteiger partial charge in [-0.05, 0) is 6.42 Å². The molecule has 3 nitrogen and oxygen atoms in total. The summed E-state index contributed by atoms with van der Waals surface area (Å²) in [6.45, 7) is 1.40. The average Bonchev–Trinajstić information content (AvgIpc) is 2.13. The molecule has 0 aliphatic rings. The van der Waals surface area contributed by atoms with Crippen LogP contribution in [0.15, 0.2) is 0 Å². The van der Waals surface area contributed by atoms with Gasteiger partial charge in [-0.25, -0.2) is 0 Å². The van der Waals surface area contributed by atoms with E-state index in [0.717, 1.165) is 19.3 Å². The molecule has 0 heterocycles. The van der Waals surface area contributed by atoms with Gasteiger partial charge >= 0.3 is 12.1 Å². The van der Waals surface area contributed by atoms with Crippen LogP contribution in [0.2, 0.25) is 0 Å². The first-order valence-corrected chi connectivity index (χ1v) is 5.26. The van der Waals surface area contributed by atoms with Gasteiger partial charge in [0.1, 0.15) is 0 Å². The van der Waals surface area contributed by atoms with E-state index in [9.17, 15) is 18.0 Å². The molecule has 0 aliphatic heterocycles. The first-order chi connectivity index (χ1) is 7.39. The Labute approximate surface area is 92.6 Å². The molecule has 1 unspecified atom stereocenters. The molecule has 0 aromatic heterocycles. The molecule has 0 aliphatic carbocycles. The van der Waals surface area contributed by atoms with Gasteiger partial charge in [-0.15, -0.1) is 0 Å². The number of carboxylic acids is 1. The predicted octanol–water partition coefficient (Wildman–Crippen LogP) is 2.85. The third-order valence-corrected chi connectivity index (χ3v) is 2.12. The van der Waals surface area contributed by atoms with Gasteiger partial charge in [0.05, 0.1) is 6.61 Å². The molecule has 16 heavy (non-hydrogen) atoms. The van der Waals surface area contributed by atoms with Gasteiger partial charge in [0.25, 0.3) is 0 Å². The number of ether oxygens (including phenoxy) is 1. The number of rotatable bonds is 8. The number of alkyl halides is 3. The van der Waals surface area contributed by atoms with Crippen LogP contribution in [0.5, 0.6) is 0 Å². The maximum absolute atomic E-state index is 12.1. The fourth-order valence-electron chi connectivity index (χ4n) is 1.14. The van der Waals surface area contributed by atoms with Crippen molar-refractivity contribution in [2.24, 2.45) is 5.92 Å². The first kappa shape index (κ1) is 15.2. The van der Waals surface area contributed by atoms with Gasteiger partial charge in [0.2, 0.25) is 0 Å². The van der Waals surface area contributed by atoms with Crippen LogP contribution in [0.4, 0.5) is 13.2 Å². The van der Waals surface area contributed by atoms with Gasteiger partial charge in [-0.1, -0.05) is 26.2 Å². The smallest absolute Gasteiger partial charge is 0.404 e. The quantitative estimate of drug-likeness (QED) is 0.666. The van der Waals surface area contributed by atoms with Gasteiger partial charge in [-0.3, -0.25) is 4.79 Å². The van der Waals surface area contributed by atoms with Crippen LogP contribution in [0.3, 0.4) is 0 Å². The summed E-state index contributed by atoms with van der Waals surface area (Å²) in [7, 11) is 0. The lowest BCUT2D eigenvalue weighted by Crippen LogP contribution is -2.34. The van der Waals surface area contributed by atoms with E-state index in [0.29, 0.717) is 6.42 Å². The van der Waals surface area contributed by atoms with E-state index in [1.54, 1.807) is 0 Å². The molecule has 0 spiro atoms. The average molecular weight is 242 g/mol. The number of hydrogen-bond donors (Lipinski definition) is 1. The van der Waals surface area contributed by atoms with Crippen molar-refractivity contribution in [1.29, 1.82) is 0 Å². The Bertz CT molecular complexity index is 204. The van der Waals surface area contributed by atoms with Crippen LogP contribution in [0.25, 0.3) is 0 Å². The molecular formula is C10H17F3O3. The summed E-state index contributed by atoms with van der Waals surface area (Å²) in [6.07, 6.45) is -1.15. The summed E-state index contributed by atoms with van der Waals surface area (Å²) < 4.78 is 41.1. The Morgan fingerprint density at radius 3 is 2.38 bits per heavy atom. The second-order valence-corrected chi connectivity index (χ2v) is 3.57. The summed E-state index contributed by atoms with van der Waals surface area (Å²) in [5.41, 5.74) is 0. The van der Waals surface area contributed by atoms with Crippen LogP contribution >= 0.6 is 0 Å². The Hall–Kier alpha value is -0.780. The van der Waals surface area contributed by atoms with Crippen molar-refractivity contribution < 1.29 is 27.8 Å². The molecular weight excluding hydrogens is 225 g/mol. The molecule has 96 valence electrons. The maximum Gasteiger partial charge on any atom is 0.404 e. The van der Waals surface area contributed by atoms with Crippen LogP contribution in [-0.4, -0.2) is 30.5 Å². The standard InChI is InChI=1S/C10H17F3O3/c1-2-3-4-5-6-16-7-8(9(14)15)10(11,12)13/h8H,2-7H2,1H3,(H,14,15). The minimum atomic E-state index is -4.74. The number of unbranched alkanes of at least 4 members (excludes halogenated alkanes) is 3. The fraction of sp³-hybridized carbons (Fsp3) is 0.900. The lowest BCUT2D eigenvalue weighted by atomic mass is 10.1. The van der Waals surface area contributed by atoms with E-state index < -0.39 is 24.7 Å². The largest absolute Gasteiger partial charge is 0.481 e. The van der Waals surface area contributed by atoms with E-state index in [4.69, 9.17) is 9.84 Å². The molecule has 1 N–H and O–H groups in total. The van der Waals surface area contributed by atoms with Crippen molar-refractivity contribution in [3.8, 4) is 0 Å². The molecule has 6 heteroatoms. The second kappa shape index (κ2) is 7.49. The van der Waals surface area contributed by atoms with Crippen molar-refractivity contribution in [2.75, 3.05) is 13.2 Å². The van der Waals surface area contributed by atoms with Crippen LogP contribution in [-0.2, 0) is 9.53 Å². The molecule has 0 saturated heterocycles. The summed E-state index contributed by atoms with van der Waals surface area (Å²) in [4.78, 5) is 10.3. The molecule has 0 fully saturated rings. The number of carbonyl (C=O) groups is 1. The predicted molar refractivity (Wildman–Crippen MR) is 52.1 cm³/mol. The topological polar surface area (TPSA) is 46.5 Å². The summed E-state index contributed by atoms with van der Waals surface area (Å²) in [5.74, 6) is -4.31. The van der Waals surface area contributed by atoms with Gasteiger partial charge < -0.3 is 9.84 Å². The lowest BCUT2D eigenvalue weighted by Gasteiger charge is -2.15. The van der Waals surface area contributed by atoms with Gasteiger partial charge in [-0.2, -0.15) is 13.2 Å². The third kappa shape index (κ3) is 6.66. The maximum atomic E-state index is 12.1. The molecule has 1 atom stereocenters. The van der Waals surface area contributed by atoms with Crippen LogP contribution in [0, 0.1) is 5.92 Å². The SMILES string of the molecule is CCCCCCOCC(C(=O)O)C(F)(F)F. The second-order valence-electron chi connectivity index (χ2n) is 3.57. The Balaban J connectivity index is 3.75. The summed E-state index contributed by atoms with van der Waals surface area (Å²) in [5, 5.41) is 8.35. The zero-order chi connectivity index (χ0) is 12.6. The van der Waals surface area contributed by atoms with Gasteiger partial charge in [0, 0.05) is 6.61 Å². The molecule has 0 rings (SSSR count). The van der Waals surface area contributed by atoms with Gasteiger partial charge in [0.15, 0.2) is 5.92 Å². The van der Waals surface area contributed by atoms with E-state index in [2.05, 4.69) is 0 Å². The first-order valence-electron chi connectivity index (χ1n) is 5.26. The normalized spacial score (nSPS) is 13.8. The molecule has 0 amide bonds. The van der Waals surface area contributed by atoms with E-state index >= 15 is 0 Å². The zero-order valence-corrected chi connectivity index (χ0v) is 9.22. The summed E-state index contributed by atoms with van der Waals surface area (Å²) >= 11 is 0. The molecule has 0 aromatic carbocycles. The highest BCUT2D eigenvalue weighted by molar-refractivity contribution is 5.71. The molecule has 0 aromatic rings. The van der Waals surface area contributed by atoms with Crippen molar-refractivity contribution in [1.82, 2.24) is 0 Å². The van der Waals surface area contributed by atoms with E-state index in [1.165, 1.54) is 0 Å². The lowest BCUT2D eigenvalue weighted by molar-refractivity contribution is -0.202. The highest BCUT2D eigenvalue weighted by Crippen LogP contribution is 2.26. The highest BCUT2D eigenvalue weighted by atomic mass is 19.4. The minimum absolute atomic E-state index is 0.180. The zero-order valence-electron chi connectivity index (χ0n) is 9.22. The Morgan fingerprint density at radius 2 is 1.94 bits per heavy atom. The Kier molecular flexibility index (Phi) is 7.12. The third-order valence-electron chi connectivity index (χ3n) is 2.12. The van der Waals surface area contributed by atoms with E-state index in [-0.39, 0.29) is 6.61 Å². The number of halogens is 3. The molecule has 0 radical (unpaired) electrons. The number of carboxylic acid groups (broad SMARTS) is 1. The van der Waals surface area contributed by atoms with E-state index in [1.807, 2.05) is 6.92 Å². The summed E-state index contributed by atoms with van der Waals surface area (Å²) in [6, 6.07) is 0. The monoisotopic (exact) mass is 242 g/mol. The van der Waals surface area contributed by atoms with Crippen molar-refractivity contribution >= 4 is 5.97 Å². The van der Waals surface area contributed by atoms with Crippen LogP contribution < -0.4 is 0 Å². The minimum Gasteiger partial charge on any atom is -0.481 e. The molecule has 0 saturated carbocycles. The van der Waals surface area contributed by atoms with Crippen molar-refractivity contribution in [2.45, 2.75) is 38.8 Å². The van der Waals surface area contributed by atoms with Crippen molar-refractivity contribution in [3.05, 3.63) is 0 Å². The highest BCUT2D eigenvalue weighted by Gasteiger charge is 2.45. The fourth-order valence-corrected chi connectivity index (χ4v) is 1.14.